The molecule has 1 aliphatic heterocycles. The molecule has 0 atom stereocenters. The molecule has 1 saturated heterocycles. The first-order valence-electron chi connectivity index (χ1n) is 8.13. The van der Waals surface area contributed by atoms with Gasteiger partial charge in [0.05, 0.1) is 17.0 Å². The van der Waals surface area contributed by atoms with Gasteiger partial charge in [-0.1, -0.05) is 6.07 Å². The molecular formula is C17H18N4O2S2. The standard InChI is InChI=1S/C17H18N4O2S2/c1-12-13(19-16(23-12)14-3-2-9-24-14)11-15(22)20-5-7-21(8-6-20)17-18-4-10-25-17/h2-4,9-10H,5-8,11H2,1H3. The van der Waals surface area contributed by atoms with E-state index >= 15 is 0 Å². The summed E-state index contributed by atoms with van der Waals surface area (Å²) in [6.45, 7) is 4.93. The summed E-state index contributed by atoms with van der Waals surface area (Å²) >= 11 is 3.22. The van der Waals surface area contributed by atoms with Crippen molar-refractivity contribution in [2.45, 2.75) is 13.3 Å². The number of amides is 1. The largest absolute Gasteiger partial charge is 0.440 e. The maximum atomic E-state index is 12.6. The predicted octanol–water partition coefficient (Wildman–Crippen LogP) is 3.06. The van der Waals surface area contributed by atoms with Gasteiger partial charge in [-0.15, -0.1) is 22.7 Å². The number of hydrogen-bond donors (Lipinski definition) is 0. The highest BCUT2D eigenvalue weighted by Crippen LogP contribution is 2.26. The molecule has 4 heterocycles. The number of rotatable bonds is 4. The fourth-order valence-electron chi connectivity index (χ4n) is 2.87. The molecule has 3 aromatic heterocycles. The second-order valence-corrected chi connectivity index (χ2v) is 7.68. The Morgan fingerprint density at radius 2 is 2.08 bits per heavy atom. The summed E-state index contributed by atoms with van der Waals surface area (Å²) in [6.07, 6.45) is 2.11. The fraction of sp³-hybridized carbons (Fsp3) is 0.353. The molecule has 0 unspecified atom stereocenters. The number of aryl methyl sites for hydroxylation is 1. The molecule has 0 spiro atoms. The lowest BCUT2D eigenvalue weighted by atomic mass is 10.2. The van der Waals surface area contributed by atoms with Crippen molar-refractivity contribution < 1.29 is 9.21 Å². The minimum atomic E-state index is 0.105. The van der Waals surface area contributed by atoms with Crippen molar-refractivity contribution in [3.8, 4) is 10.8 Å². The quantitative estimate of drug-likeness (QED) is 0.702. The molecule has 0 saturated carbocycles. The van der Waals surface area contributed by atoms with Gasteiger partial charge in [0.15, 0.2) is 5.13 Å². The van der Waals surface area contributed by atoms with Crippen LogP contribution < -0.4 is 4.90 Å². The number of aromatic nitrogens is 2. The summed E-state index contributed by atoms with van der Waals surface area (Å²) in [6, 6.07) is 3.94. The van der Waals surface area contributed by atoms with Gasteiger partial charge in [-0.2, -0.15) is 0 Å². The van der Waals surface area contributed by atoms with Crippen molar-refractivity contribution in [1.82, 2.24) is 14.9 Å². The summed E-state index contributed by atoms with van der Waals surface area (Å²) in [5.41, 5.74) is 0.732. The smallest absolute Gasteiger partial charge is 0.236 e. The van der Waals surface area contributed by atoms with Crippen molar-refractivity contribution in [1.29, 1.82) is 0 Å². The number of carbonyl (C=O) groups excluding carboxylic acids is 1. The Morgan fingerprint density at radius 1 is 1.24 bits per heavy atom. The third-order valence-corrected chi connectivity index (χ3v) is 5.96. The number of thiazole rings is 1. The summed E-state index contributed by atoms with van der Waals surface area (Å²) in [5, 5.41) is 4.99. The molecule has 4 rings (SSSR count). The van der Waals surface area contributed by atoms with Gasteiger partial charge in [-0.25, -0.2) is 9.97 Å². The number of piperazine rings is 1. The highest BCUT2D eigenvalue weighted by molar-refractivity contribution is 7.13. The maximum absolute atomic E-state index is 12.6. The molecule has 1 aliphatic rings. The van der Waals surface area contributed by atoms with Gasteiger partial charge in [0, 0.05) is 37.8 Å². The van der Waals surface area contributed by atoms with E-state index in [4.69, 9.17) is 4.42 Å². The van der Waals surface area contributed by atoms with Crippen molar-refractivity contribution >= 4 is 33.7 Å². The van der Waals surface area contributed by atoms with Gasteiger partial charge in [0.2, 0.25) is 11.8 Å². The fourth-order valence-corrected chi connectivity index (χ4v) is 4.22. The zero-order chi connectivity index (χ0) is 17.2. The van der Waals surface area contributed by atoms with Crippen LogP contribution in [-0.2, 0) is 11.2 Å². The van der Waals surface area contributed by atoms with E-state index in [1.54, 1.807) is 22.7 Å². The van der Waals surface area contributed by atoms with Crippen LogP contribution in [0.4, 0.5) is 5.13 Å². The van der Waals surface area contributed by atoms with Crippen LogP contribution >= 0.6 is 22.7 Å². The highest BCUT2D eigenvalue weighted by atomic mass is 32.1. The second-order valence-electron chi connectivity index (χ2n) is 5.86. The SMILES string of the molecule is Cc1oc(-c2cccs2)nc1CC(=O)N1CCN(c2nccs2)CC1. The number of nitrogens with zero attached hydrogens (tertiary/aromatic N) is 4. The van der Waals surface area contributed by atoms with E-state index < -0.39 is 0 Å². The molecule has 0 aromatic carbocycles. The van der Waals surface area contributed by atoms with Crippen LogP contribution in [-0.4, -0.2) is 47.0 Å². The molecule has 130 valence electrons. The van der Waals surface area contributed by atoms with Crippen molar-refractivity contribution in [3.63, 3.8) is 0 Å². The lowest BCUT2D eigenvalue weighted by molar-refractivity contribution is -0.130. The Balaban J connectivity index is 1.38. The molecule has 1 fully saturated rings. The van der Waals surface area contributed by atoms with Crippen LogP contribution in [0.15, 0.2) is 33.5 Å². The van der Waals surface area contributed by atoms with Crippen LogP contribution in [0.5, 0.6) is 0 Å². The van der Waals surface area contributed by atoms with E-state index in [0.29, 0.717) is 19.0 Å². The third kappa shape index (κ3) is 3.45. The van der Waals surface area contributed by atoms with E-state index in [1.165, 1.54) is 0 Å². The van der Waals surface area contributed by atoms with E-state index in [1.807, 2.05) is 40.9 Å². The Bertz CT molecular complexity index is 834. The first-order chi connectivity index (χ1) is 12.2. The summed E-state index contributed by atoms with van der Waals surface area (Å²) in [5.74, 6) is 1.43. The van der Waals surface area contributed by atoms with Gasteiger partial charge in [-0.05, 0) is 18.4 Å². The van der Waals surface area contributed by atoms with Gasteiger partial charge >= 0.3 is 0 Å². The van der Waals surface area contributed by atoms with Gasteiger partial charge in [0.25, 0.3) is 0 Å². The van der Waals surface area contributed by atoms with E-state index in [9.17, 15) is 4.79 Å². The van der Waals surface area contributed by atoms with Crippen molar-refractivity contribution in [3.05, 3.63) is 40.5 Å². The topological polar surface area (TPSA) is 62.5 Å². The number of carbonyl (C=O) groups is 1. The molecule has 0 aliphatic carbocycles. The molecule has 0 N–H and O–H groups in total. The molecular weight excluding hydrogens is 356 g/mol. The Morgan fingerprint density at radius 3 is 2.76 bits per heavy atom. The first kappa shape index (κ1) is 16.3. The molecule has 6 nitrogen and oxygen atoms in total. The minimum absolute atomic E-state index is 0.105. The zero-order valence-corrected chi connectivity index (χ0v) is 15.5. The number of hydrogen-bond acceptors (Lipinski definition) is 7. The normalized spacial score (nSPS) is 14.9. The van der Waals surface area contributed by atoms with Crippen LogP contribution in [0.1, 0.15) is 11.5 Å². The van der Waals surface area contributed by atoms with Gasteiger partial charge in [-0.3, -0.25) is 4.79 Å². The number of anilines is 1. The van der Waals surface area contributed by atoms with Crippen LogP contribution in [0.25, 0.3) is 10.8 Å². The molecule has 3 aromatic rings. The Kier molecular flexibility index (Phi) is 4.54. The van der Waals surface area contributed by atoms with Gasteiger partial charge < -0.3 is 14.2 Å². The second kappa shape index (κ2) is 6.97. The Labute approximate surface area is 153 Å². The van der Waals surface area contributed by atoms with E-state index in [-0.39, 0.29) is 12.3 Å². The molecule has 25 heavy (non-hydrogen) atoms. The molecule has 1 amide bonds. The summed E-state index contributed by atoms with van der Waals surface area (Å²) in [4.78, 5) is 26.6. The minimum Gasteiger partial charge on any atom is -0.440 e. The Hall–Kier alpha value is -2.19. The van der Waals surface area contributed by atoms with Crippen LogP contribution in [0.2, 0.25) is 0 Å². The highest BCUT2D eigenvalue weighted by Gasteiger charge is 2.24. The van der Waals surface area contributed by atoms with Crippen molar-refractivity contribution in [2.24, 2.45) is 0 Å². The summed E-state index contributed by atoms with van der Waals surface area (Å²) < 4.78 is 5.73. The predicted molar refractivity (Wildman–Crippen MR) is 99.2 cm³/mol. The number of thiophene rings is 1. The van der Waals surface area contributed by atoms with Gasteiger partial charge in [0.1, 0.15) is 5.76 Å². The lowest BCUT2D eigenvalue weighted by Gasteiger charge is -2.34. The van der Waals surface area contributed by atoms with Crippen LogP contribution in [0.3, 0.4) is 0 Å². The zero-order valence-electron chi connectivity index (χ0n) is 13.8. The van der Waals surface area contributed by atoms with E-state index in [0.717, 1.165) is 34.6 Å². The number of oxazole rings is 1. The molecule has 0 bridgehead atoms. The van der Waals surface area contributed by atoms with E-state index in [2.05, 4.69) is 14.9 Å². The first-order valence-corrected chi connectivity index (χ1v) is 9.89. The lowest BCUT2D eigenvalue weighted by Crippen LogP contribution is -2.49. The monoisotopic (exact) mass is 374 g/mol. The van der Waals surface area contributed by atoms with Crippen LogP contribution in [0, 0.1) is 6.92 Å². The third-order valence-electron chi connectivity index (χ3n) is 4.27. The van der Waals surface area contributed by atoms with Crippen molar-refractivity contribution in [2.75, 3.05) is 31.1 Å². The average molecular weight is 374 g/mol. The average Bonchev–Trinajstić information content (AvgIpc) is 3.38. The summed E-state index contributed by atoms with van der Waals surface area (Å²) in [7, 11) is 0. The maximum Gasteiger partial charge on any atom is 0.236 e. The molecule has 0 radical (unpaired) electrons. The molecule has 8 heteroatoms.